The first kappa shape index (κ1) is 17.0. The Morgan fingerprint density at radius 1 is 1.33 bits per heavy atom. The van der Waals surface area contributed by atoms with Crippen LogP contribution in [0.1, 0.15) is 38.4 Å². The molecule has 2 amide bonds. The number of carboxylic acid groups (broad SMARTS) is 1. The van der Waals surface area contributed by atoms with Crippen LogP contribution in [0.3, 0.4) is 0 Å². The number of aliphatic carboxylic acids is 1. The molecule has 0 saturated heterocycles. The fourth-order valence-electron chi connectivity index (χ4n) is 2.06. The Balaban J connectivity index is 2.07. The second-order valence-corrected chi connectivity index (χ2v) is 4.96. The highest BCUT2D eigenvalue weighted by Crippen LogP contribution is 2.14. The maximum atomic E-state index is 11.6. The van der Waals surface area contributed by atoms with Crippen LogP contribution in [0.25, 0.3) is 0 Å². The summed E-state index contributed by atoms with van der Waals surface area (Å²) in [6, 6.07) is -0.199. The lowest BCUT2D eigenvalue weighted by atomic mass is 9.97. The highest BCUT2D eigenvalue weighted by Gasteiger charge is 2.09. The van der Waals surface area contributed by atoms with E-state index in [2.05, 4.69) is 20.6 Å². The van der Waals surface area contributed by atoms with Gasteiger partial charge in [-0.15, -0.1) is 0 Å². The van der Waals surface area contributed by atoms with Gasteiger partial charge in [0.15, 0.2) is 0 Å². The van der Waals surface area contributed by atoms with Crippen LogP contribution >= 0.6 is 0 Å². The summed E-state index contributed by atoms with van der Waals surface area (Å²) >= 11 is 0. The first-order valence-electron chi connectivity index (χ1n) is 7.33. The minimum absolute atomic E-state index is 0.188. The summed E-state index contributed by atoms with van der Waals surface area (Å²) in [4.78, 5) is 29.1. The normalized spacial score (nSPS) is 11.9. The number of carbonyl (C=O) groups is 2. The van der Waals surface area contributed by atoms with Crippen molar-refractivity contribution in [3.63, 3.8) is 0 Å². The maximum absolute atomic E-state index is 11.6. The standard InChI is InChI=1S/C14H24N4O3/c1-2-11(3-4-13(19)20)5-7-17-14(21)18-8-6-12-15-9-10-16-12/h9-11H,2-8H2,1H3,(H,15,16)(H,19,20)(H2,17,18,21). The minimum Gasteiger partial charge on any atom is -0.481 e. The van der Waals surface area contributed by atoms with Crippen molar-refractivity contribution in [2.75, 3.05) is 13.1 Å². The summed E-state index contributed by atoms with van der Waals surface area (Å²) in [6.45, 7) is 3.12. The van der Waals surface area contributed by atoms with Gasteiger partial charge in [-0.1, -0.05) is 13.3 Å². The van der Waals surface area contributed by atoms with Gasteiger partial charge in [-0.3, -0.25) is 4.79 Å². The molecule has 1 unspecified atom stereocenters. The molecule has 0 fully saturated rings. The van der Waals surface area contributed by atoms with Crippen molar-refractivity contribution in [1.29, 1.82) is 0 Å². The molecule has 0 aliphatic carbocycles. The third-order valence-corrected chi connectivity index (χ3v) is 3.38. The molecular formula is C14H24N4O3. The van der Waals surface area contributed by atoms with Gasteiger partial charge in [0.1, 0.15) is 5.82 Å². The SMILES string of the molecule is CCC(CCNC(=O)NCCc1ncc[nH]1)CCC(=O)O. The number of hydrogen-bond acceptors (Lipinski definition) is 3. The lowest BCUT2D eigenvalue weighted by Gasteiger charge is -2.14. The Kier molecular flexibility index (Phi) is 7.93. The molecule has 1 aromatic rings. The van der Waals surface area contributed by atoms with Crippen molar-refractivity contribution < 1.29 is 14.7 Å². The molecular weight excluding hydrogens is 272 g/mol. The Bertz CT molecular complexity index is 420. The van der Waals surface area contributed by atoms with Crippen LogP contribution in [-0.2, 0) is 11.2 Å². The molecule has 0 saturated carbocycles. The van der Waals surface area contributed by atoms with Gasteiger partial charge in [0, 0.05) is 38.3 Å². The third kappa shape index (κ3) is 7.96. The van der Waals surface area contributed by atoms with Crippen molar-refractivity contribution in [2.24, 2.45) is 5.92 Å². The zero-order chi connectivity index (χ0) is 15.5. The van der Waals surface area contributed by atoms with Gasteiger partial charge in [-0.05, 0) is 18.8 Å². The highest BCUT2D eigenvalue weighted by atomic mass is 16.4. The van der Waals surface area contributed by atoms with Gasteiger partial charge in [0.05, 0.1) is 0 Å². The van der Waals surface area contributed by atoms with Crippen LogP contribution in [0.15, 0.2) is 12.4 Å². The average molecular weight is 296 g/mol. The molecule has 1 heterocycles. The van der Waals surface area contributed by atoms with Gasteiger partial charge in [0.25, 0.3) is 0 Å². The fourth-order valence-corrected chi connectivity index (χ4v) is 2.06. The highest BCUT2D eigenvalue weighted by molar-refractivity contribution is 5.73. The summed E-state index contributed by atoms with van der Waals surface area (Å²) in [5.74, 6) is 0.414. The van der Waals surface area contributed by atoms with Crippen LogP contribution < -0.4 is 10.6 Å². The molecule has 1 rings (SSSR count). The molecule has 0 radical (unpaired) electrons. The molecule has 0 aromatic carbocycles. The maximum Gasteiger partial charge on any atom is 0.314 e. The van der Waals surface area contributed by atoms with E-state index in [1.165, 1.54) is 0 Å². The van der Waals surface area contributed by atoms with Crippen molar-refractivity contribution in [3.8, 4) is 0 Å². The van der Waals surface area contributed by atoms with Gasteiger partial charge in [0.2, 0.25) is 0 Å². The van der Waals surface area contributed by atoms with Crippen LogP contribution in [-0.4, -0.2) is 40.2 Å². The van der Waals surface area contributed by atoms with Gasteiger partial charge < -0.3 is 20.7 Å². The zero-order valence-electron chi connectivity index (χ0n) is 12.4. The summed E-state index contributed by atoms with van der Waals surface area (Å²) in [5, 5.41) is 14.2. The molecule has 21 heavy (non-hydrogen) atoms. The van der Waals surface area contributed by atoms with Gasteiger partial charge >= 0.3 is 12.0 Å². The second kappa shape index (κ2) is 9.79. The predicted molar refractivity (Wildman–Crippen MR) is 79.0 cm³/mol. The largest absolute Gasteiger partial charge is 0.481 e. The number of carboxylic acids is 1. The van der Waals surface area contributed by atoms with E-state index in [4.69, 9.17) is 5.11 Å². The van der Waals surface area contributed by atoms with E-state index >= 15 is 0 Å². The van der Waals surface area contributed by atoms with Crippen molar-refractivity contribution in [1.82, 2.24) is 20.6 Å². The quantitative estimate of drug-likeness (QED) is 0.525. The molecule has 0 bridgehead atoms. The Morgan fingerprint density at radius 2 is 2.10 bits per heavy atom. The number of imidazole rings is 1. The number of hydrogen-bond donors (Lipinski definition) is 4. The predicted octanol–water partition coefficient (Wildman–Crippen LogP) is 1.53. The fraction of sp³-hybridized carbons (Fsp3) is 0.643. The Hall–Kier alpha value is -2.05. The lowest BCUT2D eigenvalue weighted by molar-refractivity contribution is -0.137. The number of H-pyrrole nitrogens is 1. The number of nitrogens with one attached hydrogen (secondary N) is 3. The van der Waals surface area contributed by atoms with Crippen LogP contribution in [0, 0.1) is 5.92 Å². The van der Waals surface area contributed by atoms with Crippen LogP contribution in [0.5, 0.6) is 0 Å². The molecule has 1 atom stereocenters. The average Bonchev–Trinajstić information content (AvgIpc) is 2.95. The number of nitrogens with zero attached hydrogens (tertiary/aromatic N) is 1. The zero-order valence-corrected chi connectivity index (χ0v) is 12.4. The molecule has 7 nitrogen and oxygen atoms in total. The smallest absolute Gasteiger partial charge is 0.314 e. The monoisotopic (exact) mass is 296 g/mol. The van der Waals surface area contributed by atoms with Crippen molar-refractivity contribution in [3.05, 3.63) is 18.2 Å². The van der Waals surface area contributed by atoms with Gasteiger partial charge in [-0.25, -0.2) is 9.78 Å². The molecule has 1 aromatic heterocycles. The molecule has 4 N–H and O–H groups in total. The van der Waals surface area contributed by atoms with E-state index in [1.54, 1.807) is 12.4 Å². The number of amides is 2. The molecule has 0 spiro atoms. The van der Waals surface area contributed by atoms with E-state index in [0.717, 1.165) is 18.7 Å². The van der Waals surface area contributed by atoms with Gasteiger partial charge in [-0.2, -0.15) is 0 Å². The van der Waals surface area contributed by atoms with E-state index in [-0.39, 0.29) is 12.5 Å². The molecule has 118 valence electrons. The van der Waals surface area contributed by atoms with E-state index < -0.39 is 5.97 Å². The minimum atomic E-state index is -0.767. The first-order chi connectivity index (χ1) is 10.1. The van der Waals surface area contributed by atoms with Crippen LogP contribution in [0.2, 0.25) is 0 Å². The number of aromatic nitrogens is 2. The second-order valence-electron chi connectivity index (χ2n) is 4.96. The summed E-state index contributed by atoms with van der Waals surface area (Å²) in [7, 11) is 0. The number of urea groups is 1. The third-order valence-electron chi connectivity index (χ3n) is 3.38. The Morgan fingerprint density at radius 3 is 2.71 bits per heavy atom. The summed E-state index contributed by atoms with van der Waals surface area (Å²) in [5.41, 5.74) is 0. The Labute approximate surface area is 124 Å². The number of rotatable bonds is 10. The lowest BCUT2D eigenvalue weighted by Crippen LogP contribution is -2.37. The summed E-state index contributed by atoms with van der Waals surface area (Å²) < 4.78 is 0. The van der Waals surface area contributed by atoms with Crippen molar-refractivity contribution >= 4 is 12.0 Å². The number of carbonyl (C=O) groups excluding carboxylic acids is 1. The molecule has 7 heteroatoms. The number of aromatic amines is 1. The van der Waals surface area contributed by atoms with E-state index in [9.17, 15) is 9.59 Å². The molecule has 0 aliphatic heterocycles. The molecule has 0 aliphatic rings. The van der Waals surface area contributed by atoms with E-state index in [1.807, 2.05) is 6.92 Å². The van der Waals surface area contributed by atoms with E-state index in [0.29, 0.717) is 31.8 Å². The van der Waals surface area contributed by atoms with Crippen LogP contribution in [0.4, 0.5) is 4.79 Å². The summed E-state index contributed by atoms with van der Waals surface area (Å²) in [6.07, 6.45) is 6.66. The first-order valence-corrected chi connectivity index (χ1v) is 7.33. The van der Waals surface area contributed by atoms with Crippen molar-refractivity contribution in [2.45, 2.75) is 39.0 Å². The topological polar surface area (TPSA) is 107 Å².